The second-order valence-electron chi connectivity index (χ2n) is 6.89. The van der Waals surface area contributed by atoms with E-state index in [0.717, 1.165) is 24.8 Å². The summed E-state index contributed by atoms with van der Waals surface area (Å²) < 4.78 is 55.3. The Hall–Kier alpha value is -2.84. The number of hydrogen-bond donors (Lipinski definition) is 2. The summed E-state index contributed by atoms with van der Waals surface area (Å²) in [5.41, 5.74) is 3.02. The summed E-state index contributed by atoms with van der Waals surface area (Å²) in [6.07, 6.45) is 2.91. The molecule has 0 heterocycles. The van der Waals surface area contributed by atoms with E-state index in [4.69, 9.17) is 0 Å². The zero-order valence-electron chi connectivity index (χ0n) is 15.5. The summed E-state index contributed by atoms with van der Waals surface area (Å²) in [7, 11) is -7.51. The minimum Gasteiger partial charge on any atom is -0.280 e. The van der Waals surface area contributed by atoms with E-state index in [1.807, 2.05) is 6.07 Å². The second-order valence-corrected chi connectivity index (χ2v) is 10.3. The van der Waals surface area contributed by atoms with Gasteiger partial charge in [0, 0.05) is 11.4 Å². The smallest absolute Gasteiger partial charge is 0.261 e. The molecule has 0 saturated carbocycles. The molecule has 2 N–H and O–H groups in total. The molecule has 8 heteroatoms. The van der Waals surface area contributed by atoms with Crippen LogP contribution in [-0.4, -0.2) is 16.8 Å². The Morgan fingerprint density at radius 1 is 0.586 bits per heavy atom. The summed E-state index contributed by atoms with van der Waals surface area (Å²) >= 11 is 0. The van der Waals surface area contributed by atoms with Crippen LogP contribution in [0.25, 0.3) is 0 Å². The van der Waals surface area contributed by atoms with Gasteiger partial charge in [-0.2, -0.15) is 0 Å². The number of aryl methyl sites for hydroxylation is 2. The molecule has 0 bridgehead atoms. The predicted molar refractivity (Wildman–Crippen MR) is 113 cm³/mol. The van der Waals surface area contributed by atoms with Crippen molar-refractivity contribution in [2.45, 2.75) is 29.1 Å². The first-order valence-electron chi connectivity index (χ1n) is 9.16. The average Bonchev–Trinajstić information content (AvgIpc) is 3.16. The number of rotatable bonds is 6. The van der Waals surface area contributed by atoms with Crippen molar-refractivity contribution < 1.29 is 16.8 Å². The van der Waals surface area contributed by atoms with Crippen molar-refractivity contribution in [3.8, 4) is 0 Å². The highest BCUT2D eigenvalue weighted by Crippen LogP contribution is 2.26. The molecule has 1 aliphatic carbocycles. The standard InChI is InChI=1S/C21H20N2O4S2/c24-28(25,22-18-7-2-1-3-8-18)20-13-10-19(11-14-20)23-29(26,27)21-12-9-16-5-4-6-17(16)15-21/h1-3,7-15,22-23H,4-6H2. The maximum Gasteiger partial charge on any atom is 0.261 e. The number of nitrogens with one attached hydrogen (secondary N) is 2. The molecular formula is C21H20N2O4S2. The molecule has 0 amide bonds. The minimum atomic E-state index is -3.76. The first-order chi connectivity index (χ1) is 13.8. The fourth-order valence-corrected chi connectivity index (χ4v) is 5.52. The van der Waals surface area contributed by atoms with E-state index in [1.165, 1.54) is 29.8 Å². The third-order valence-electron chi connectivity index (χ3n) is 4.82. The van der Waals surface area contributed by atoms with Crippen LogP contribution >= 0.6 is 0 Å². The second kappa shape index (κ2) is 7.53. The van der Waals surface area contributed by atoms with Gasteiger partial charge in [-0.25, -0.2) is 16.8 Å². The highest BCUT2D eigenvalue weighted by molar-refractivity contribution is 7.93. The van der Waals surface area contributed by atoms with Gasteiger partial charge in [0.25, 0.3) is 20.0 Å². The Balaban J connectivity index is 1.52. The molecule has 0 aromatic heterocycles. The van der Waals surface area contributed by atoms with E-state index in [0.29, 0.717) is 11.4 Å². The van der Waals surface area contributed by atoms with Gasteiger partial charge in [0.15, 0.2) is 0 Å². The topological polar surface area (TPSA) is 92.3 Å². The van der Waals surface area contributed by atoms with E-state index in [9.17, 15) is 16.8 Å². The van der Waals surface area contributed by atoms with Crippen LogP contribution in [0.15, 0.2) is 82.6 Å². The van der Waals surface area contributed by atoms with Crippen molar-refractivity contribution in [1.29, 1.82) is 0 Å². The Bertz CT molecular complexity index is 1240. The van der Waals surface area contributed by atoms with Gasteiger partial charge in [0.1, 0.15) is 0 Å². The highest BCUT2D eigenvalue weighted by Gasteiger charge is 2.19. The van der Waals surface area contributed by atoms with Crippen LogP contribution < -0.4 is 9.44 Å². The van der Waals surface area contributed by atoms with Crippen LogP contribution in [0.2, 0.25) is 0 Å². The van der Waals surface area contributed by atoms with Crippen LogP contribution in [0.5, 0.6) is 0 Å². The molecule has 0 saturated heterocycles. The largest absolute Gasteiger partial charge is 0.280 e. The van der Waals surface area contributed by atoms with E-state index in [1.54, 1.807) is 42.5 Å². The van der Waals surface area contributed by atoms with Gasteiger partial charge >= 0.3 is 0 Å². The molecular weight excluding hydrogens is 408 g/mol. The lowest BCUT2D eigenvalue weighted by atomic mass is 10.1. The van der Waals surface area contributed by atoms with E-state index < -0.39 is 20.0 Å². The van der Waals surface area contributed by atoms with Gasteiger partial charge in [-0.15, -0.1) is 0 Å². The molecule has 0 aliphatic heterocycles. The Kier molecular flexibility index (Phi) is 5.06. The first kappa shape index (κ1) is 19.5. The Morgan fingerprint density at radius 3 is 1.83 bits per heavy atom. The van der Waals surface area contributed by atoms with Gasteiger partial charge in [-0.1, -0.05) is 24.3 Å². The third kappa shape index (κ3) is 4.28. The average molecular weight is 429 g/mol. The minimum absolute atomic E-state index is 0.0434. The summed E-state index contributed by atoms with van der Waals surface area (Å²) in [6.45, 7) is 0. The molecule has 1 aliphatic rings. The summed E-state index contributed by atoms with van der Waals surface area (Å²) in [4.78, 5) is 0.252. The quantitative estimate of drug-likeness (QED) is 0.625. The number of hydrogen-bond acceptors (Lipinski definition) is 4. The maximum absolute atomic E-state index is 12.7. The summed E-state index contributed by atoms with van der Waals surface area (Å²) in [6, 6.07) is 19.3. The SMILES string of the molecule is O=S(=O)(Nc1ccccc1)c1ccc(NS(=O)(=O)c2ccc3c(c2)CCC3)cc1. The normalized spacial score (nSPS) is 13.7. The number of fused-ring (bicyclic) bond motifs is 1. The fourth-order valence-electron chi connectivity index (χ4n) is 3.35. The molecule has 3 aromatic rings. The number of sulfonamides is 2. The first-order valence-corrected chi connectivity index (χ1v) is 12.1. The van der Waals surface area contributed by atoms with Crippen molar-refractivity contribution in [3.05, 3.63) is 83.9 Å². The molecule has 4 rings (SSSR count). The zero-order valence-corrected chi connectivity index (χ0v) is 17.1. The highest BCUT2D eigenvalue weighted by atomic mass is 32.2. The third-order valence-corrected chi connectivity index (χ3v) is 7.60. The van der Waals surface area contributed by atoms with Crippen molar-refractivity contribution in [3.63, 3.8) is 0 Å². The monoisotopic (exact) mass is 428 g/mol. The number of anilines is 2. The van der Waals surface area contributed by atoms with Crippen molar-refractivity contribution in [2.24, 2.45) is 0 Å². The molecule has 150 valence electrons. The van der Waals surface area contributed by atoms with Gasteiger partial charge in [0.05, 0.1) is 9.79 Å². The lowest BCUT2D eigenvalue weighted by Crippen LogP contribution is -2.14. The van der Waals surface area contributed by atoms with Crippen LogP contribution in [0.4, 0.5) is 11.4 Å². The van der Waals surface area contributed by atoms with Crippen LogP contribution in [-0.2, 0) is 32.9 Å². The fraction of sp³-hybridized carbons (Fsp3) is 0.143. The summed E-state index contributed by atoms with van der Waals surface area (Å²) in [5, 5.41) is 0. The number of benzene rings is 3. The predicted octanol–water partition coefficient (Wildman–Crippen LogP) is 3.78. The molecule has 0 spiro atoms. The Morgan fingerprint density at radius 2 is 1.14 bits per heavy atom. The van der Waals surface area contributed by atoms with E-state index in [2.05, 4.69) is 9.44 Å². The molecule has 0 radical (unpaired) electrons. The lowest BCUT2D eigenvalue weighted by Gasteiger charge is -2.11. The van der Waals surface area contributed by atoms with E-state index >= 15 is 0 Å². The molecule has 6 nitrogen and oxygen atoms in total. The van der Waals surface area contributed by atoms with Crippen molar-refractivity contribution in [2.75, 3.05) is 9.44 Å². The zero-order chi connectivity index (χ0) is 20.5. The van der Waals surface area contributed by atoms with Crippen LogP contribution in [0.1, 0.15) is 17.5 Å². The molecule has 0 atom stereocenters. The van der Waals surface area contributed by atoms with Gasteiger partial charge in [-0.3, -0.25) is 9.44 Å². The Labute approximate surface area is 170 Å². The maximum atomic E-state index is 12.7. The molecule has 0 fully saturated rings. The van der Waals surface area contributed by atoms with Crippen LogP contribution in [0.3, 0.4) is 0 Å². The molecule has 0 unspecified atom stereocenters. The lowest BCUT2D eigenvalue weighted by molar-refractivity contribution is 0.600. The molecule has 29 heavy (non-hydrogen) atoms. The summed E-state index contributed by atoms with van der Waals surface area (Å²) in [5.74, 6) is 0. The number of para-hydroxylation sites is 1. The van der Waals surface area contributed by atoms with Crippen molar-refractivity contribution >= 4 is 31.4 Å². The van der Waals surface area contributed by atoms with Gasteiger partial charge in [0.2, 0.25) is 0 Å². The van der Waals surface area contributed by atoms with Crippen molar-refractivity contribution in [1.82, 2.24) is 0 Å². The van der Waals surface area contributed by atoms with Crippen LogP contribution in [0, 0.1) is 0 Å². The molecule has 3 aromatic carbocycles. The van der Waals surface area contributed by atoms with Gasteiger partial charge < -0.3 is 0 Å². The van der Waals surface area contributed by atoms with E-state index in [-0.39, 0.29) is 9.79 Å². The van der Waals surface area contributed by atoms with Gasteiger partial charge in [-0.05, 0) is 78.9 Å².